The van der Waals surface area contributed by atoms with Gasteiger partial charge >= 0.3 is 0 Å². The number of aliphatic hydroxyl groups excluding tert-OH is 1. The summed E-state index contributed by atoms with van der Waals surface area (Å²) in [7, 11) is 0. The van der Waals surface area contributed by atoms with Crippen molar-refractivity contribution >= 4 is 5.69 Å². The maximum atomic E-state index is 8.74. The fourth-order valence-corrected chi connectivity index (χ4v) is 1.59. The molecule has 0 amide bonds. The van der Waals surface area contributed by atoms with Gasteiger partial charge in [-0.2, -0.15) is 0 Å². The fraction of sp³-hybridized carbons (Fsp3) is 0.231. The Labute approximate surface area is 100 Å². The van der Waals surface area contributed by atoms with Crippen molar-refractivity contribution in [1.29, 1.82) is 0 Å². The average Bonchev–Trinajstić information content (AvgIpc) is 2.37. The highest BCUT2D eigenvalue weighted by Gasteiger charge is 2.01. The number of benzene rings is 1. The van der Waals surface area contributed by atoms with E-state index in [4.69, 9.17) is 10.8 Å². The number of anilines is 1. The Morgan fingerprint density at radius 1 is 1.18 bits per heavy atom. The molecule has 0 spiro atoms. The maximum absolute atomic E-state index is 8.74. The van der Waals surface area contributed by atoms with Gasteiger partial charge in [-0.05, 0) is 30.5 Å². The number of aromatic nitrogens is 2. The molecule has 4 nitrogen and oxygen atoms in total. The molecule has 0 saturated carbocycles. The van der Waals surface area contributed by atoms with Gasteiger partial charge in [-0.15, -0.1) is 0 Å². The summed E-state index contributed by atoms with van der Waals surface area (Å²) in [5, 5.41) is 8.74. The number of rotatable bonds is 4. The minimum absolute atomic E-state index is 0.191. The molecule has 0 bridgehead atoms. The number of hydrogen-bond acceptors (Lipinski definition) is 4. The molecular formula is C13H15N3O. The highest BCUT2D eigenvalue weighted by Crippen LogP contribution is 2.17. The van der Waals surface area contributed by atoms with Gasteiger partial charge in [-0.3, -0.25) is 0 Å². The summed E-state index contributed by atoms with van der Waals surface area (Å²) in [5.41, 5.74) is 8.36. The Bertz CT molecular complexity index is 482. The van der Waals surface area contributed by atoms with E-state index in [-0.39, 0.29) is 6.61 Å². The van der Waals surface area contributed by atoms with Crippen LogP contribution in [0.4, 0.5) is 5.69 Å². The van der Waals surface area contributed by atoms with Crippen LogP contribution >= 0.6 is 0 Å². The SMILES string of the molecule is Nc1cccc(-c2ncc(CCCO)cn2)c1. The van der Waals surface area contributed by atoms with E-state index in [1.54, 1.807) is 12.4 Å². The number of nitrogens with zero attached hydrogens (tertiary/aromatic N) is 2. The van der Waals surface area contributed by atoms with Gasteiger partial charge in [0.1, 0.15) is 0 Å². The number of hydrogen-bond donors (Lipinski definition) is 2. The van der Waals surface area contributed by atoms with Crippen molar-refractivity contribution in [2.75, 3.05) is 12.3 Å². The van der Waals surface area contributed by atoms with Crippen LogP contribution < -0.4 is 5.73 Å². The van der Waals surface area contributed by atoms with Crippen LogP contribution in [0.25, 0.3) is 11.4 Å². The van der Waals surface area contributed by atoms with Crippen LogP contribution in [0.5, 0.6) is 0 Å². The predicted molar refractivity (Wildman–Crippen MR) is 67.3 cm³/mol. The minimum atomic E-state index is 0.191. The van der Waals surface area contributed by atoms with Gasteiger partial charge < -0.3 is 10.8 Å². The highest BCUT2D eigenvalue weighted by molar-refractivity contribution is 5.60. The van der Waals surface area contributed by atoms with Gasteiger partial charge in [-0.25, -0.2) is 9.97 Å². The molecule has 0 fully saturated rings. The molecule has 17 heavy (non-hydrogen) atoms. The van der Waals surface area contributed by atoms with E-state index in [0.717, 1.165) is 24.0 Å². The van der Waals surface area contributed by atoms with Crippen molar-refractivity contribution in [3.63, 3.8) is 0 Å². The van der Waals surface area contributed by atoms with Crippen LogP contribution in [-0.4, -0.2) is 21.7 Å². The number of aliphatic hydroxyl groups is 1. The standard InChI is InChI=1S/C13H15N3O/c14-12-5-1-4-11(7-12)13-15-8-10(9-16-13)3-2-6-17/h1,4-5,7-9,17H,2-3,6,14H2. The first-order valence-corrected chi connectivity index (χ1v) is 5.57. The number of aryl methyl sites for hydroxylation is 1. The lowest BCUT2D eigenvalue weighted by Gasteiger charge is -2.03. The van der Waals surface area contributed by atoms with E-state index in [1.807, 2.05) is 24.3 Å². The molecule has 4 heteroatoms. The maximum Gasteiger partial charge on any atom is 0.159 e. The molecule has 0 aliphatic rings. The van der Waals surface area contributed by atoms with E-state index in [0.29, 0.717) is 11.5 Å². The third-order valence-corrected chi connectivity index (χ3v) is 2.47. The second-order valence-corrected chi connectivity index (χ2v) is 3.87. The lowest BCUT2D eigenvalue weighted by atomic mass is 10.1. The summed E-state index contributed by atoms with van der Waals surface area (Å²) in [6, 6.07) is 7.49. The van der Waals surface area contributed by atoms with Gasteiger partial charge in [0.15, 0.2) is 5.82 Å². The van der Waals surface area contributed by atoms with Crippen LogP contribution in [0.15, 0.2) is 36.7 Å². The molecule has 0 saturated heterocycles. The van der Waals surface area contributed by atoms with Crippen molar-refractivity contribution in [2.45, 2.75) is 12.8 Å². The van der Waals surface area contributed by atoms with Crippen molar-refractivity contribution < 1.29 is 5.11 Å². The van der Waals surface area contributed by atoms with E-state index in [2.05, 4.69) is 9.97 Å². The molecule has 3 N–H and O–H groups in total. The number of nitrogen functional groups attached to an aromatic ring is 1. The average molecular weight is 229 g/mol. The third kappa shape index (κ3) is 3.01. The van der Waals surface area contributed by atoms with Gasteiger partial charge in [0, 0.05) is 30.3 Å². The van der Waals surface area contributed by atoms with Crippen LogP contribution in [0.2, 0.25) is 0 Å². The molecule has 0 aliphatic carbocycles. The Kier molecular flexibility index (Phi) is 3.67. The Morgan fingerprint density at radius 2 is 1.94 bits per heavy atom. The zero-order valence-corrected chi connectivity index (χ0v) is 9.50. The van der Waals surface area contributed by atoms with Crippen LogP contribution in [0.3, 0.4) is 0 Å². The molecule has 0 aliphatic heterocycles. The second-order valence-electron chi connectivity index (χ2n) is 3.87. The zero-order chi connectivity index (χ0) is 12.1. The lowest BCUT2D eigenvalue weighted by Crippen LogP contribution is -1.95. The minimum Gasteiger partial charge on any atom is -0.399 e. The Balaban J connectivity index is 2.17. The van der Waals surface area contributed by atoms with Gasteiger partial charge in [0.2, 0.25) is 0 Å². The summed E-state index contributed by atoms with van der Waals surface area (Å²) in [6.07, 6.45) is 5.12. The van der Waals surface area contributed by atoms with Crippen LogP contribution in [0, 0.1) is 0 Å². The smallest absolute Gasteiger partial charge is 0.159 e. The van der Waals surface area contributed by atoms with E-state index < -0.39 is 0 Å². The fourth-order valence-electron chi connectivity index (χ4n) is 1.59. The molecule has 2 aromatic rings. The molecule has 0 radical (unpaired) electrons. The Morgan fingerprint density at radius 3 is 2.59 bits per heavy atom. The van der Waals surface area contributed by atoms with Crippen LogP contribution in [0.1, 0.15) is 12.0 Å². The third-order valence-electron chi connectivity index (χ3n) is 2.47. The molecule has 0 atom stereocenters. The van der Waals surface area contributed by atoms with Crippen molar-refractivity contribution in [3.8, 4) is 11.4 Å². The summed E-state index contributed by atoms with van der Waals surface area (Å²) in [4.78, 5) is 8.59. The molecule has 2 rings (SSSR count). The Hall–Kier alpha value is -1.94. The summed E-state index contributed by atoms with van der Waals surface area (Å²) in [5.74, 6) is 0.671. The first kappa shape index (κ1) is 11.5. The lowest BCUT2D eigenvalue weighted by molar-refractivity contribution is 0.288. The molecule has 1 aromatic heterocycles. The molecule has 1 heterocycles. The molecule has 88 valence electrons. The van der Waals surface area contributed by atoms with Gasteiger partial charge in [-0.1, -0.05) is 12.1 Å². The molecular weight excluding hydrogens is 214 g/mol. The number of nitrogens with two attached hydrogens (primary N) is 1. The monoisotopic (exact) mass is 229 g/mol. The van der Waals surface area contributed by atoms with Crippen LogP contribution in [-0.2, 0) is 6.42 Å². The predicted octanol–water partition coefficient (Wildman–Crippen LogP) is 1.65. The normalized spacial score (nSPS) is 10.4. The first-order chi connectivity index (χ1) is 8.29. The van der Waals surface area contributed by atoms with Gasteiger partial charge in [0.05, 0.1) is 0 Å². The summed E-state index contributed by atoms with van der Waals surface area (Å²) >= 11 is 0. The van der Waals surface area contributed by atoms with E-state index in [1.165, 1.54) is 0 Å². The first-order valence-electron chi connectivity index (χ1n) is 5.57. The summed E-state index contributed by atoms with van der Waals surface area (Å²) in [6.45, 7) is 0.191. The van der Waals surface area contributed by atoms with Crippen molar-refractivity contribution in [1.82, 2.24) is 9.97 Å². The van der Waals surface area contributed by atoms with E-state index in [9.17, 15) is 0 Å². The zero-order valence-electron chi connectivity index (χ0n) is 9.50. The van der Waals surface area contributed by atoms with Crippen molar-refractivity contribution in [3.05, 3.63) is 42.2 Å². The van der Waals surface area contributed by atoms with Crippen molar-refractivity contribution in [2.24, 2.45) is 0 Å². The highest BCUT2D eigenvalue weighted by atomic mass is 16.2. The molecule has 1 aromatic carbocycles. The van der Waals surface area contributed by atoms with Gasteiger partial charge in [0.25, 0.3) is 0 Å². The van der Waals surface area contributed by atoms with E-state index >= 15 is 0 Å². The second kappa shape index (κ2) is 5.41. The molecule has 0 unspecified atom stereocenters. The largest absolute Gasteiger partial charge is 0.399 e. The topological polar surface area (TPSA) is 72.0 Å². The quantitative estimate of drug-likeness (QED) is 0.782. The summed E-state index contributed by atoms with van der Waals surface area (Å²) < 4.78 is 0.